The number of anilines is 1. The lowest BCUT2D eigenvalue weighted by molar-refractivity contribution is 0.418. The van der Waals surface area contributed by atoms with E-state index in [1.807, 2.05) is 0 Å². The molecule has 0 unspecified atom stereocenters. The lowest BCUT2D eigenvalue weighted by Gasteiger charge is -2.24. The van der Waals surface area contributed by atoms with E-state index in [2.05, 4.69) is 63.0 Å². The van der Waals surface area contributed by atoms with Gasteiger partial charge in [0.25, 0.3) is 0 Å². The van der Waals surface area contributed by atoms with Crippen molar-refractivity contribution >= 4 is 17.3 Å². The third-order valence-electron chi connectivity index (χ3n) is 3.85. The second-order valence-corrected chi connectivity index (χ2v) is 8.13. The summed E-state index contributed by atoms with van der Waals surface area (Å²) in [6.45, 7) is 14.2. The van der Waals surface area contributed by atoms with Crippen molar-refractivity contribution in [3.63, 3.8) is 0 Å². The minimum Gasteiger partial charge on any atom is -0.370 e. The molecule has 0 aromatic heterocycles. The van der Waals surface area contributed by atoms with Gasteiger partial charge in [-0.25, -0.2) is 0 Å². The van der Waals surface area contributed by atoms with Crippen LogP contribution in [-0.2, 0) is 6.54 Å². The molecule has 1 fully saturated rings. The van der Waals surface area contributed by atoms with Crippen molar-refractivity contribution in [3.8, 4) is 0 Å². The van der Waals surface area contributed by atoms with Gasteiger partial charge in [0.05, 0.1) is 10.7 Å². The van der Waals surface area contributed by atoms with Crippen LogP contribution in [0.2, 0.25) is 5.02 Å². The first kappa shape index (κ1) is 15.7. The Bertz CT molecular complexity index is 474. The normalized spacial score (nSPS) is 18.6. The molecule has 2 nitrogen and oxygen atoms in total. The maximum absolute atomic E-state index is 6.48. The Morgan fingerprint density at radius 3 is 2.50 bits per heavy atom. The molecule has 2 rings (SSSR count). The Labute approximate surface area is 128 Å². The van der Waals surface area contributed by atoms with Crippen LogP contribution < -0.4 is 10.2 Å². The summed E-state index contributed by atoms with van der Waals surface area (Å²) in [6.07, 6.45) is 1.23. The Morgan fingerprint density at radius 2 is 2.00 bits per heavy atom. The Morgan fingerprint density at radius 1 is 1.30 bits per heavy atom. The summed E-state index contributed by atoms with van der Waals surface area (Å²) < 4.78 is 0. The van der Waals surface area contributed by atoms with Gasteiger partial charge in [0.15, 0.2) is 0 Å². The predicted octanol–water partition coefficient (Wildman–Crippen LogP) is 4.46. The van der Waals surface area contributed by atoms with E-state index in [4.69, 9.17) is 11.6 Å². The molecular weight excluding hydrogens is 268 g/mol. The Kier molecular flexibility index (Phi) is 4.36. The van der Waals surface area contributed by atoms with E-state index in [1.165, 1.54) is 17.7 Å². The molecule has 112 valence electrons. The summed E-state index contributed by atoms with van der Waals surface area (Å²) in [4.78, 5) is 2.41. The largest absolute Gasteiger partial charge is 0.370 e. The monoisotopic (exact) mass is 294 g/mol. The number of hydrogen-bond acceptors (Lipinski definition) is 2. The van der Waals surface area contributed by atoms with E-state index in [9.17, 15) is 0 Å². The van der Waals surface area contributed by atoms with E-state index >= 15 is 0 Å². The molecule has 1 aromatic rings. The van der Waals surface area contributed by atoms with Crippen molar-refractivity contribution in [1.29, 1.82) is 0 Å². The van der Waals surface area contributed by atoms with Crippen LogP contribution in [0.1, 0.15) is 46.6 Å². The van der Waals surface area contributed by atoms with E-state index in [-0.39, 0.29) is 5.54 Å². The molecule has 0 aliphatic carbocycles. The van der Waals surface area contributed by atoms with Crippen LogP contribution in [-0.4, -0.2) is 18.6 Å². The molecule has 3 heteroatoms. The molecule has 0 radical (unpaired) electrons. The molecule has 1 saturated heterocycles. The number of nitrogens with one attached hydrogen (secondary N) is 1. The lowest BCUT2D eigenvalue weighted by Crippen LogP contribution is -2.35. The van der Waals surface area contributed by atoms with E-state index < -0.39 is 0 Å². The fourth-order valence-corrected chi connectivity index (χ4v) is 2.92. The zero-order chi connectivity index (χ0) is 15.0. The second-order valence-electron chi connectivity index (χ2n) is 7.73. The van der Waals surface area contributed by atoms with Crippen LogP contribution in [0.25, 0.3) is 0 Å². The highest BCUT2D eigenvalue weighted by atomic mass is 35.5. The van der Waals surface area contributed by atoms with Crippen molar-refractivity contribution in [2.75, 3.05) is 18.0 Å². The molecule has 1 aromatic carbocycles. The summed E-state index contributed by atoms with van der Waals surface area (Å²) in [5.74, 6) is 0. The molecule has 1 aliphatic heterocycles. The minimum atomic E-state index is 0.129. The first-order chi connectivity index (χ1) is 9.16. The Hall–Kier alpha value is -0.730. The number of halogens is 1. The Balaban J connectivity index is 2.07. The van der Waals surface area contributed by atoms with Gasteiger partial charge in [0.1, 0.15) is 0 Å². The zero-order valence-electron chi connectivity index (χ0n) is 13.4. The molecular formula is C17H27ClN2. The lowest BCUT2D eigenvalue weighted by atomic mass is 9.93. The predicted molar refractivity (Wildman–Crippen MR) is 88.7 cm³/mol. The van der Waals surface area contributed by atoms with Gasteiger partial charge >= 0.3 is 0 Å². The molecule has 0 spiro atoms. The minimum absolute atomic E-state index is 0.129. The molecule has 0 saturated carbocycles. The fraction of sp³-hybridized carbons (Fsp3) is 0.647. The summed E-state index contributed by atoms with van der Waals surface area (Å²) >= 11 is 6.48. The summed E-state index contributed by atoms with van der Waals surface area (Å²) in [5.41, 5.74) is 2.95. The van der Waals surface area contributed by atoms with Gasteiger partial charge in [-0.3, -0.25) is 0 Å². The van der Waals surface area contributed by atoms with Crippen molar-refractivity contribution < 1.29 is 0 Å². The summed E-state index contributed by atoms with van der Waals surface area (Å²) in [6, 6.07) is 6.45. The highest BCUT2D eigenvalue weighted by Gasteiger charge is 2.30. The molecule has 0 atom stereocenters. The number of hydrogen-bond donors (Lipinski definition) is 1. The van der Waals surface area contributed by atoms with Gasteiger partial charge in [-0.15, -0.1) is 0 Å². The van der Waals surface area contributed by atoms with Gasteiger partial charge < -0.3 is 10.2 Å². The fourth-order valence-electron chi connectivity index (χ4n) is 2.60. The second kappa shape index (κ2) is 5.57. The topological polar surface area (TPSA) is 15.3 Å². The molecule has 1 N–H and O–H groups in total. The summed E-state index contributed by atoms with van der Waals surface area (Å²) in [5, 5.41) is 4.37. The zero-order valence-corrected chi connectivity index (χ0v) is 14.1. The van der Waals surface area contributed by atoms with E-state index in [1.54, 1.807) is 0 Å². The number of nitrogens with zero attached hydrogens (tertiary/aromatic N) is 1. The van der Waals surface area contributed by atoms with E-state index in [0.29, 0.717) is 5.41 Å². The third kappa shape index (κ3) is 4.13. The summed E-state index contributed by atoms with van der Waals surface area (Å²) in [7, 11) is 0. The van der Waals surface area contributed by atoms with Crippen molar-refractivity contribution in [3.05, 3.63) is 28.8 Å². The number of rotatable bonds is 3. The van der Waals surface area contributed by atoms with Crippen molar-refractivity contribution in [1.82, 2.24) is 5.32 Å². The van der Waals surface area contributed by atoms with Crippen LogP contribution in [0.4, 0.5) is 5.69 Å². The highest BCUT2D eigenvalue weighted by Crippen LogP contribution is 2.36. The maximum Gasteiger partial charge on any atom is 0.0642 e. The number of benzene rings is 1. The highest BCUT2D eigenvalue weighted by molar-refractivity contribution is 6.33. The van der Waals surface area contributed by atoms with Crippen LogP contribution in [0.5, 0.6) is 0 Å². The third-order valence-corrected chi connectivity index (χ3v) is 4.16. The maximum atomic E-state index is 6.48. The van der Waals surface area contributed by atoms with Gasteiger partial charge in [-0.1, -0.05) is 31.5 Å². The van der Waals surface area contributed by atoms with Gasteiger partial charge in [-0.05, 0) is 50.3 Å². The van der Waals surface area contributed by atoms with Gasteiger partial charge in [-0.2, -0.15) is 0 Å². The quantitative estimate of drug-likeness (QED) is 0.885. The average molecular weight is 295 g/mol. The van der Waals surface area contributed by atoms with Crippen molar-refractivity contribution in [2.24, 2.45) is 5.41 Å². The first-order valence-electron chi connectivity index (χ1n) is 7.45. The molecule has 1 aliphatic rings. The van der Waals surface area contributed by atoms with Crippen LogP contribution >= 0.6 is 11.6 Å². The molecule has 1 heterocycles. The van der Waals surface area contributed by atoms with Crippen LogP contribution in [0.15, 0.2) is 18.2 Å². The van der Waals surface area contributed by atoms with E-state index in [0.717, 1.165) is 24.7 Å². The molecule has 0 bridgehead atoms. The van der Waals surface area contributed by atoms with Crippen molar-refractivity contribution in [2.45, 2.75) is 53.1 Å². The van der Waals surface area contributed by atoms with Gasteiger partial charge in [0, 0.05) is 25.2 Å². The standard InChI is InChI=1S/C17H27ClN2/c1-16(2,3)19-11-13-6-7-15(14(18)10-13)20-9-8-17(4,5)12-20/h6-7,10,19H,8-9,11-12H2,1-5H3. The smallest absolute Gasteiger partial charge is 0.0642 e. The SMILES string of the molecule is CC1(C)CCN(c2ccc(CNC(C)(C)C)cc2Cl)C1. The van der Waals surface area contributed by atoms with Crippen LogP contribution in [0, 0.1) is 5.41 Å². The molecule has 20 heavy (non-hydrogen) atoms. The molecule has 0 amide bonds. The van der Waals surface area contributed by atoms with Crippen LogP contribution in [0.3, 0.4) is 0 Å². The average Bonchev–Trinajstić information content (AvgIpc) is 2.66. The van der Waals surface area contributed by atoms with Gasteiger partial charge in [0.2, 0.25) is 0 Å². The first-order valence-corrected chi connectivity index (χ1v) is 7.83.